The standard InChI is InChI=1S/C11H15ClN2S/c12-10-2-1-9(15-10)11(14-13)8-4-6-3-7(6)5-8/h1-2,6-8,11,14H,3-5,13H2. The summed E-state index contributed by atoms with van der Waals surface area (Å²) in [4.78, 5) is 1.29. The zero-order valence-electron chi connectivity index (χ0n) is 8.45. The Morgan fingerprint density at radius 2 is 2.07 bits per heavy atom. The van der Waals surface area contributed by atoms with Gasteiger partial charge in [-0.15, -0.1) is 11.3 Å². The van der Waals surface area contributed by atoms with E-state index in [9.17, 15) is 0 Å². The fourth-order valence-corrected chi connectivity index (χ4v) is 4.19. The summed E-state index contributed by atoms with van der Waals surface area (Å²) in [5, 5.41) is 0. The molecule has 2 saturated carbocycles. The number of thiophene rings is 1. The van der Waals surface area contributed by atoms with Crippen LogP contribution < -0.4 is 11.3 Å². The maximum absolute atomic E-state index is 5.96. The number of nitrogens with two attached hydrogens (primary N) is 1. The van der Waals surface area contributed by atoms with Gasteiger partial charge in [0.1, 0.15) is 0 Å². The van der Waals surface area contributed by atoms with Crippen molar-refractivity contribution in [3.8, 4) is 0 Å². The van der Waals surface area contributed by atoms with Crippen molar-refractivity contribution in [3.63, 3.8) is 0 Å². The van der Waals surface area contributed by atoms with Gasteiger partial charge in [-0.05, 0) is 49.1 Å². The Morgan fingerprint density at radius 3 is 2.60 bits per heavy atom. The highest BCUT2D eigenvalue weighted by molar-refractivity contribution is 7.16. The third-order valence-electron chi connectivity index (χ3n) is 3.83. The number of nitrogens with one attached hydrogen (secondary N) is 1. The molecule has 2 fully saturated rings. The van der Waals surface area contributed by atoms with Crippen LogP contribution in [-0.2, 0) is 0 Å². The van der Waals surface area contributed by atoms with E-state index in [0.717, 1.165) is 16.2 Å². The lowest BCUT2D eigenvalue weighted by Crippen LogP contribution is -2.32. The largest absolute Gasteiger partial charge is 0.271 e. The average Bonchev–Trinajstić information content (AvgIpc) is 2.63. The van der Waals surface area contributed by atoms with Gasteiger partial charge in [0.2, 0.25) is 0 Å². The molecule has 3 atom stereocenters. The van der Waals surface area contributed by atoms with E-state index in [1.165, 1.54) is 24.1 Å². The first kappa shape index (κ1) is 10.1. The summed E-state index contributed by atoms with van der Waals surface area (Å²) in [5.41, 5.74) is 2.97. The number of hydrogen-bond donors (Lipinski definition) is 2. The van der Waals surface area contributed by atoms with Crippen molar-refractivity contribution in [3.05, 3.63) is 21.3 Å². The molecule has 0 aromatic carbocycles. The molecule has 1 heterocycles. The highest BCUT2D eigenvalue weighted by atomic mass is 35.5. The fourth-order valence-electron chi connectivity index (χ4n) is 2.98. The quantitative estimate of drug-likeness (QED) is 0.632. The summed E-state index contributed by atoms with van der Waals surface area (Å²) in [6.07, 6.45) is 4.14. The first-order chi connectivity index (χ1) is 7.28. The van der Waals surface area contributed by atoms with Gasteiger partial charge >= 0.3 is 0 Å². The van der Waals surface area contributed by atoms with E-state index in [1.54, 1.807) is 11.3 Å². The van der Waals surface area contributed by atoms with Crippen molar-refractivity contribution in [2.45, 2.75) is 25.3 Å². The first-order valence-corrected chi connectivity index (χ1v) is 6.68. The molecule has 2 aliphatic rings. The normalized spacial score (nSPS) is 35.2. The number of hydrazine groups is 1. The molecule has 82 valence electrons. The Kier molecular flexibility index (Phi) is 2.51. The SMILES string of the molecule is NNC(c1ccc(Cl)s1)C1CC2CC2C1. The average molecular weight is 243 g/mol. The van der Waals surface area contributed by atoms with Crippen LogP contribution in [0.25, 0.3) is 0 Å². The van der Waals surface area contributed by atoms with Crippen LogP contribution in [0.2, 0.25) is 4.34 Å². The van der Waals surface area contributed by atoms with Gasteiger partial charge < -0.3 is 0 Å². The van der Waals surface area contributed by atoms with E-state index >= 15 is 0 Å². The van der Waals surface area contributed by atoms with Crippen LogP contribution in [0.1, 0.15) is 30.2 Å². The van der Waals surface area contributed by atoms with Gasteiger partial charge in [-0.25, -0.2) is 0 Å². The second-order valence-electron chi connectivity index (χ2n) is 4.77. The molecule has 3 N–H and O–H groups in total. The van der Waals surface area contributed by atoms with Crippen molar-refractivity contribution >= 4 is 22.9 Å². The van der Waals surface area contributed by atoms with Gasteiger partial charge in [0.05, 0.1) is 10.4 Å². The summed E-state index contributed by atoms with van der Waals surface area (Å²) >= 11 is 7.60. The summed E-state index contributed by atoms with van der Waals surface area (Å²) in [7, 11) is 0. The molecule has 3 unspecified atom stereocenters. The highest BCUT2D eigenvalue weighted by Crippen LogP contribution is 2.57. The van der Waals surface area contributed by atoms with Gasteiger partial charge in [0, 0.05) is 4.88 Å². The summed E-state index contributed by atoms with van der Waals surface area (Å²) < 4.78 is 0.855. The smallest absolute Gasteiger partial charge is 0.0931 e. The van der Waals surface area contributed by atoms with Crippen molar-refractivity contribution in [1.29, 1.82) is 0 Å². The van der Waals surface area contributed by atoms with E-state index in [1.807, 2.05) is 6.07 Å². The minimum absolute atomic E-state index is 0.315. The van der Waals surface area contributed by atoms with Crippen LogP contribution in [0.15, 0.2) is 12.1 Å². The van der Waals surface area contributed by atoms with Crippen LogP contribution in [0.5, 0.6) is 0 Å². The van der Waals surface area contributed by atoms with E-state index in [2.05, 4.69) is 11.5 Å². The molecule has 0 spiro atoms. The second-order valence-corrected chi connectivity index (χ2v) is 6.52. The van der Waals surface area contributed by atoms with Gasteiger partial charge in [-0.3, -0.25) is 11.3 Å². The van der Waals surface area contributed by atoms with Gasteiger partial charge in [0.15, 0.2) is 0 Å². The Labute approximate surface area is 98.8 Å². The topological polar surface area (TPSA) is 38.0 Å². The lowest BCUT2D eigenvalue weighted by atomic mass is 9.94. The van der Waals surface area contributed by atoms with Crippen LogP contribution in [0.3, 0.4) is 0 Å². The highest BCUT2D eigenvalue weighted by Gasteiger charge is 2.48. The van der Waals surface area contributed by atoms with Crippen molar-refractivity contribution in [2.75, 3.05) is 0 Å². The molecule has 2 nitrogen and oxygen atoms in total. The zero-order chi connectivity index (χ0) is 10.4. The predicted octanol–water partition coefficient (Wildman–Crippen LogP) is 2.95. The number of fused-ring (bicyclic) bond motifs is 1. The molecule has 0 radical (unpaired) electrons. The van der Waals surface area contributed by atoms with Gasteiger partial charge in [0.25, 0.3) is 0 Å². The molecular weight excluding hydrogens is 228 g/mol. The van der Waals surface area contributed by atoms with Crippen molar-refractivity contribution in [2.24, 2.45) is 23.6 Å². The molecule has 0 saturated heterocycles. The number of halogens is 1. The van der Waals surface area contributed by atoms with E-state index in [4.69, 9.17) is 17.4 Å². The molecule has 4 heteroatoms. The summed E-state index contributed by atoms with van der Waals surface area (Å²) in [6, 6.07) is 4.37. The molecule has 1 aromatic heterocycles. The van der Waals surface area contributed by atoms with Crippen LogP contribution in [0.4, 0.5) is 0 Å². The molecule has 2 aliphatic carbocycles. The third kappa shape index (κ3) is 1.82. The van der Waals surface area contributed by atoms with E-state index < -0.39 is 0 Å². The van der Waals surface area contributed by atoms with Crippen LogP contribution in [-0.4, -0.2) is 0 Å². The third-order valence-corrected chi connectivity index (χ3v) is 5.15. The van der Waals surface area contributed by atoms with Crippen molar-refractivity contribution in [1.82, 2.24) is 5.43 Å². The maximum atomic E-state index is 5.96. The van der Waals surface area contributed by atoms with Crippen molar-refractivity contribution < 1.29 is 0 Å². The van der Waals surface area contributed by atoms with Crippen LogP contribution >= 0.6 is 22.9 Å². The minimum Gasteiger partial charge on any atom is -0.271 e. The van der Waals surface area contributed by atoms with Crippen LogP contribution in [0, 0.1) is 17.8 Å². The van der Waals surface area contributed by atoms with Gasteiger partial charge in [-0.1, -0.05) is 11.6 Å². The Bertz CT molecular complexity index is 355. The predicted molar refractivity (Wildman–Crippen MR) is 63.7 cm³/mol. The molecule has 3 rings (SSSR count). The summed E-state index contributed by atoms with van der Waals surface area (Å²) in [6.45, 7) is 0. The minimum atomic E-state index is 0.315. The molecule has 0 bridgehead atoms. The molecule has 0 amide bonds. The Morgan fingerprint density at radius 1 is 1.33 bits per heavy atom. The lowest BCUT2D eigenvalue weighted by molar-refractivity contribution is 0.350. The number of hydrogen-bond acceptors (Lipinski definition) is 3. The monoisotopic (exact) mass is 242 g/mol. The molecule has 15 heavy (non-hydrogen) atoms. The maximum Gasteiger partial charge on any atom is 0.0931 e. The lowest BCUT2D eigenvalue weighted by Gasteiger charge is -2.22. The summed E-state index contributed by atoms with van der Waals surface area (Å²) in [5.74, 6) is 8.39. The molecule has 1 aromatic rings. The zero-order valence-corrected chi connectivity index (χ0v) is 10.0. The molecule has 0 aliphatic heterocycles. The molecular formula is C11H15ClN2S. The first-order valence-electron chi connectivity index (χ1n) is 5.49. The second kappa shape index (κ2) is 3.74. The van der Waals surface area contributed by atoms with Gasteiger partial charge in [-0.2, -0.15) is 0 Å². The van der Waals surface area contributed by atoms with E-state index in [0.29, 0.717) is 12.0 Å². The fraction of sp³-hybridized carbons (Fsp3) is 0.636. The Balaban J connectivity index is 1.76. The Hall–Kier alpha value is -0.0900. The van der Waals surface area contributed by atoms with E-state index in [-0.39, 0.29) is 0 Å². The number of rotatable bonds is 3.